The van der Waals surface area contributed by atoms with Crippen molar-refractivity contribution in [1.29, 1.82) is 0 Å². The second-order valence-corrected chi connectivity index (χ2v) is 9.42. The Morgan fingerprint density at radius 3 is 2.70 bits per heavy atom. The standard InChI is InChI=1S/C22H20ClNO3S3/c1-3-10-24-21(25)20(30-22(24)28)14-15-4-9-18(19(13-15)26-2)27-11-12-29-17-7-5-16(23)6-8-17/h3-9,13-14H,1,10-12H2,2H3/b20-14-. The van der Waals surface area contributed by atoms with E-state index in [4.69, 9.17) is 33.3 Å². The molecule has 0 unspecified atom stereocenters. The highest BCUT2D eigenvalue weighted by molar-refractivity contribution is 8.26. The van der Waals surface area contributed by atoms with Crippen molar-refractivity contribution in [3.05, 3.63) is 70.6 Å². The molecule has 1 aliphatic rings. The molecule has 1 aliphatic heterocycles. The van der Waals surface area contributed by atoms with Gasteiger partial charge in [-0.1, -0.05) is 47.7 Å². The van der Waals surface area contributed by atoms with Crippen LogP contribution in [0.1, 0.15) is 5.56 Å². The zero-order chi connectivity index (χ0) is 21.5. The Bertz CT molecular complexity index is 976. The summed E-state index contributed by atoms with van der Waals surface area (Å²) in [6.07, 6.45) is 3.47. The van der Waals surface area contributed by atoms with Crippen molar-refractivity contribution in [2.45, 2.75) is 4.90 Å². The van der Waals surface area contributed by atoms with Gasteiger partial charge in [0.15, 0.2) is 11.5 Å². The largest absolute Gasteiger partial charge is 0.493 e. The third-order valence-electron chi connectivity index (χ3n) is 4.09. The molecule has 0 aliphatic carbocycles. The molecule has 0 saturated carbocycles. The number of nitrogens with zero attached hydrogens (tertiary/aromatic N) is 1. The Balaban J connectivity index is 1.62. The van der Waals surface area contributed by atoms with E-state index in [0.29, 0.717) is 33.9 Å². The molecule has 2 aromatic carbocycles. The van der Waals surface area contributed by atoms with E-state index in [1.165, 1.54) is 16.7 Å². The fourth-order valence-electron chi connectivity index (χ4n) is 2.67. The van der Waals surface area contributed by atoms with Gasteiger partial charge < -0.3 is 9.47 Å². The lowest BCUT2D eigenvalue weighted by Gasteiger charge is -2.12. The Morgan fingerprint density at radius 1 is 1.23 bits per heavy atom. The van der Waals surface area contributed by atoms with Gasteiger partial charge in [-0.15, -0.1) is 18.3 Å². The first kappa shape index (κ1) is 22.7. The van der Waals surface area contributed by atoms with Crippen LogP contribution < -0.4 is 9.47 Å². The Hall–Kier alpha value is -1.93. The van der Waals surface area contributed by atoms with Gasteiger partial charge in [-0.05, 0) is 48.0 Å². The summed E-state index contributed by atoms with van der Waals surface area (Å²) in [6, 6.07) is 13.3. The van der Waals surface area contributed by atoms with Crippen LogP contribution in [0.4, 0.5) is 0 Å². The number of halogens is 1. The van der Waals surface area contributed by atoms with Crippen LogP contribution in [-0.4, -0.2) is 41.1 Å². The van der Waals surface area contributed by atoms with E-state index < -0.39 is 0 Å². The minimum atomic E-state index is -0.108. The van der Waals surface area contributed by atoms with Gasteiger partial charge in [-0.2, -0.15) is 0 Å². The SMILES string of the molecule is C=CCN1C(=O)/C(=C/c2ccc(OCCSc3ccc(Cl)cc3)c(OC)c2)SC1=S. The Morgan fingerprint density at radius 2 is 2.00 bits per heavy atom. The predicted octanol–water partition coefficient (Wildman–Crippen LogP) is 5.91. The van der Waals surface area contributed by atoms with E-state index in [2.05, 4.69) is 6.58 Å². The molecular formula is C22H20ClNO3S3. The third kappa shape index (κ3) is 5.82. The molecule has 4 nitrogen and oxygen atoms in total. The maximum absolute atomic E-state index is 12.5. The minimum Gasteiger partial charge on any atom is -0.493 e. The van der Waals surface area contributed by atoms with E-state index in [9.17, 15) is 4.79 Å². The van der Waals surface area contributed by atoms with Gasteiger partial charge in [0.05, 0.1) is 18.6 Å². The zero-order valence-corrected chi connectivity index (χ0v) is 19.5. The number of thiocarbonyl (C=S) groups is 1. The fourth-order valence-corrected chi connectivity index (χ4v) is 4.80. The predicted molar refractivity (Wildman–Crippen MR) is 131 cm³/mol. The number of carbonyl (C=O) groups is 1. The molecule has 2 aromatic rings. The molecule has 0 N–H and O–H groups in total. The van der Waals surface area contributed by atoms with Gasteiger partial charge in [-0.3, -0.25) is 9.69 Å². The van der Waals surface area contributed by atoms with E-state index >= 15 is 0 Å². The van der Waals surface area contributed by atoms with E-state index in [0.717, 1.165) is 21.2 Å². The number of benzene rings is 2. The van der Waals surface area contributed by atoms with Crippen LogP contribution in [0.3, 0.4) is 0 Å². The molecule has 8 heteroatoms. The molecule has 0 spiro atoms. The van der Waals surface area contributed by atoms with Gasteiger partial charge in [0, 0.05) is 22.2 Å². The summed E-state index contributed by atoms with van der Waals surface area (Å²) in [7, 11) is 1.60. The smallest absolute Gasteiger partial charge is 0.266 e. The topological polar surface area (TPSA) is 38.8 Å². The number of hydrogen-bond donors (Lipinski definition) is 0. The van der Waals surface area contributed by atoms with Crippen LogP contribution in [0.25, 0.3) is 6.08 Å². The highest BCUT2D eigenvalue weighted by Crippen LogP contribution is 2.34. The lowest BCUT2D eigenvalue weighted by molar-refractivity contribution is -0.121. The number of thioether (sulfide) groups is 2. The average molecular weight is 478 g/mol. The van der Waals surface area contributed by atoms with Crippen LogP contribution in [0.15, 0.2) is 64.9 Å². The summed E-state index contributed by atoms with van der Waals surface area (Å²) in [5.41, 5.74) is 0.842. The minimum absolute atomic E-state index is 0.108. The molecular weight excluding hydrogens is 458 g/mol. The molecule has 0 radical (unpaired) electrons. The van der Waals surface area contributed by atoms with Gasteiger partial charge >= 0.3 is 0 Å². The van der Waals surface area contributed by atoms with Crippen molar-refractivity contribution in [3.63, 3.8) is 0 Å². The molecule has 0 atom stereocenters. The highest BCUT2D eigenvalue weighted by Gasteiger charge is 2.30. The van der Waals surface area contributed by atoms with Gasteiger partial charge in [-0.25, -0.2) is 0 Å². The van der Waals surface area contributed by atoms with Crippen LogP contribution in [0.2, 0.25) is 5.02 Å². The monoisotopic (exact) mass is 477 g/mol. The second-order valence-electron chi connectivity index (χ2n) is 6.14. The number of ether oxygens (including phenoxy) is 2. The molecule has 1 heterocycles. The van der Waals surface area contributed by atoms with Crippen molar-refractivity contribution in [2.24, 2.45) is 0 Å². The van der Waals surface area contributed by atoms with Crippen molar-refractivity contribution >= 4 is 63.6 Å². The van der Waals surface area contributed by atoms with Crippen LogP contribution in [0.5, 0.6) is 11.5 Å². The van der Waals surface area contributed by atoms with E-state index in [1.807, 2.05) is 48.5 Å². The number of methoxy groups -OCH3 is 1. The molecule has 0 aromatic heterocycles. The zero-order valence-electron chi connectivity index (χ0n) is 16.3. The maximum Gasteiger partial charge on any atom is 0.266 e. The van der Waals surface area contributed by atoms with Gasteiger partial charge in [0.25, 0.3) is 5.91 Å². The molecule has 30 heavy (non-hydrogen) atoms. The maximum atomic E-state index is 12.5. The van der Waals surface area contributed by atoms with Gasteiger partial charge in [0.1, 0.15) is 4.32 Å². The molecule has 1 fully saturated rings. The number of rotatable bonds is 9. The highest BCUT2D eigenvalue weighted by atomic mass is 35.5. The summed E-state index contributed by atoms with van der Waals surface area (Å²) in [5, 5.41) is 0.725. The van der Waals surface area contributed by atoms with Gasteiger partial charge in [0.2, 0.25) is 0 Å². The molecule has 1 amide bonds. The van der Waals surface area contributed by atoms with Crippen LogP contribution in [-0.2, 0) is 4.79 Å². The lowest BCUT2D eigenvalue weighted by atomic mass is 10.2. The number of amides is 1. The normalized spacial score (nSPS) is 15.0. The average Bonchev–Trinajstić information content (AvgIpc) is 3.00. The summed E-state index contributed by atoms with van der Waals surface area (Å²) in [4.78, 5) is 15.7. The fraction of sp³-hybridized carbons (Fsp3) is 0.182. The van der Waals surface area contributed by atoms with Crippen molar-refractivity contribution in [2.75, 3.05) is 26.0 Å². The summed E-state index contributed by atoms with van der Waals surface area (Å²) in [6.45, 7) is 4.61. The number of hydrogen-bond acceptors (Lipinski definition) is 6. The molecule has 1 saturated heterocycles. The second kappa shape index (κ2) is 10.9. The lowest BCUT2D eigenvalue weighted by Crippen LogP contribution is -2.27. The number of carbonyl (C=O) groups excluding carboxylic acids is 1. The Kier molecular flexibility index (Phi) is 8.27. The van der Waals surface area contributed by atoms with Crippen molar-refractivity contribution in [1.82, 2.24) is 4.90 Å². The molecule has 3 rings (SSSR count). The summed E-state index contributed by atoms with van der Waals surface area (Å²) < 4.78 is 11.9. The van der Waals surface area contributed by atoms with E-state index in [1.54, 1.807) is 24.9 Å². The van der Waals surface area contributed by atoms with Crippen LogP contribution >= 0.6 is 47.3 Å². The molecule has 156 valence electrons. The molecule has 0 bridgehead atoms. The summed E-state index contributed by atoms with van der Waals surface area (Å²) in [5.74, 6) is 1.95. The van der Waals surface area contributed by atoms with Crippen molar-refractivity contribution < 1.29 is 14.3 Å². The first-order valence-corrected chi connectivity index (χ1v) is 11.7. The Labute approximate surface area is 195 Å². The van der Waals surface area contributed by atoms with Crippen molar-refractivity contribution in [3.8, 4) is 11.5 Å². The van der Waals surface area contributed by atoms with Crippen LogP contribution in [0, 0.1) is 0 Å². The first-order valence-electron chi connectivity index (χ1n) is 9.07. The first-order chi connectivity index (χ1) is 14.5. The van der Waals surface area contributed by atoms with E-state index in [-0.39, 0.29) is 5.91 Å². The quantitative estimate of drug-likeness (QED) is 0.147. The summed E-state index contributed by atoms with van der Waals surface area (Å²) >= 11 is 14.2. The third-order valence-corrected chi connectivity index (χ3v) is 6.70.